The van der Waals surface area contributed by atoms with Gasteiger partial charge in [-0.25, -0.2) is 14.3 Å². The van der Waals surface area contributed by atoms with E-state index in [1.54, 1.807) is 18.3 Å². The fourth-order valence-corrected chi connectivity index (χ4v) is 2.84. The highest BCUT2D eigenvalue weighted by molar-refractivity contribution is 5.75. The van der Waals surface area contributed by atoms with Crippen LogP contribution in [0.5, 0.6) is 0 Å². The molecular formula is C18H22N6O. The Labute approximate surface area is 146 Å². The van der Waals surface area contributed by atoms with Gasteiger partial charge in [0.15, 0.2) is 0 Å². The average Bonchev–Trinajstić information content (AvgIpc) is 3.18. The molecule has 25 heavy (non-hydrogen) atoms. The molecule has 0 saturated heterocycles. The summed E-state index contributed by atoms with van der Waals surface area (Å²) in [5.74, 6) is -0.0204. The SMILES string of the molecule is Cc1ccccc1-n1nc(C)c(CN(C)C(=O)Cn2cncn2)c1C. The number of aryl methyl sites for hydroxylation is 2. The van der Waals surface area contributed by atoms with Gasteiger partial charge in [-0.1, -0.05) is 18.2 Å². The number of nitrogens with zero attached hydrogens (tertiary/aromatic N) is 6. The van der Waals surface area contributed by atoms with Crippen molar-refractivity contribution in [3.63, 3.8) is 0 Å². The van der Waals surface area contributed by atoms with E-state index in [-0.39, 0.29) is 12.5 Å². The van der Waals surface area contributed by atoms with Crippen molar-refractivity contribution in [2.24, 2.45) is 0 Å². The van der Waals surface area contributed by atoms with E-state index in [1.807, 2.05) is 30.7 Å². The molecule has 0 unspecified atom stereocenters. The topological polar surface area (TPSA) is 68.8 Å². The van der Waals surface area contributed by atoms with Gasteiger partial charge >= 0.3 is 0 Å². The molecule has 1 amide bonds. The van der Waals surface area contributed by atoms with Crippen molar-refractivity contribution in [3.8, 4) is 5.69 Å². The largest absolute Gasteiger partial charge is 0.340 e. The third-order valence-corrected chi connectivity index (χ3v) is 4.37. The summed E-state index contributed by atoms with van der Waals surface area (Å²) < 4.78 is 3.48. The lowest BCUT2D eigenvalue weighted by molar-refractivity contribution is -0.131. The Bertz CT molecular complexity index is 881. The summed E-state index contributed by atoms with van der Waals surface area (Å²) in [5.41, 5.74) is 5.27. The molecule has 0 atom stereocenters. The zero-order chi connectivity index (χ0) is 18.0. The molecule has 3 aromatic rings. The van der Waals surface area contributed by atoms with Gasteiger partial charge in [-0.3, -0.25) is 4.79 Å². The summed E-state index contributed by atoms with van der Waals surface area (Å²) >= 11 is 0. The van der Waals surface area contributed by atoms with Crippen LogP contribution >= 0.6 is 0 Å². The molecular weight excluding hydrogens is 316 g/mol. The molecule has 0 saturated carbocycles. The van der Waals surface area contributed by atoms with E-state index >= 15 is 0 Å². The summed E-state index contributed by atoms with van der Waals surface area (Å²) in [6.45, 7) is 6.78. The van der Waals surface area contributed by atoms with E-state index in [2.05, 4.69) is 34.2 Å². The number of hydrogen-bond donors (Lipinski definition) is 0. The first-order valence-electron chi connectivity index (χ1n) is 8.15. The van der Waals surface area contributed by atoms with E-state index in [0.29, 0.717) is 6.54 Å². The maximum Gasteiger partial charge on any atom is 0.244 e. The van der Waals surface area contributed by atoms with Crippen LogP contribution in [0, 0.1) is 20.8 Å². The second-order valence-electron chi connectivity index (χ2n) is 6.19. The van der Waals surface area contributed by atoms with Crippen LogP contribution in [0.1, 0.15) is 22.5 Å². The molecule has 2 aromatic heterocycles. The molecule has 7 nitrogen and oxygen atoms in total. The number of carbonyl (C=O) groups is 1. The molecule has 0 aliphatic heterocycles. The van der Waals surface area contributed by atoms with Gasteiger partial charge in [0.25, 0.3) is 0 Å². The van der Waals surface area contributed by atoms with Crippen molar-refractivity contribution >= 4 is 5.91 Å². The lowest BCUT2D eigenvalue weighted by Gasteiger charge is -2.17. The van der Waals surface area contributed by atoms with Crippen molar-refractivity contribution in [3.05, 3.63) is 59.4 Å². The fraction of sp³-hybridized carbons (Fsp3) is 0.333. The molecule has 130 valence electrons. The maximum atomic E-state index is 12.4. The van der Waals surface area contributed by atoms with Gasteiger partial charge in [0.2, 0.25) is 5.91 Å². The Morgan fingerprint density at radius 1 is 1.20 bits per heavy atom. The van der Waals surface area contributed by atoms with Gasteiger partial charge in [-0.05, 0) is 32.4 Å². The van der Waals surface area contributed by atoms with E-state index in [1.165, 1.54) is 11.0 Å². The second-order valence-corrected chi connectivity index (χ2v) is 6.19. The van der Waals surface area contributed by atoms with Crippen molar-refractivity contribution < 1.29 is 4.79 Å². The van der Waals surface area contributed by atoms with E-state index < -0.39 is 0 Å². The summed E-state index contributed by atoms with van der Waals surface area (Å²) in [6, 6.07) is 8.14. The maximum absolute atomic E-state index is 12.4. The predicted octanol–water partition coefficient (Wildman–Crippen LogP) is 2.05. The van der Waals surface area contributed by atoms with Crippen LogP contribution in [-0.2, 0) is 17.9 Å². The van der Waals surface area contributed by atoms with Crippen molar-refractivity contribution in [1.29, 1.82) is 0 Å². The molecule has 3 rings (SSSR count). The number of likely N-dealkylation sites (N-methyl/N-ethyl adjacent to an activating group) is 1. The number of carbonyl (C=O) groups excluding carboxylic acids is 1. The van der Waals surface area contributed by atoms with Crippen LogP contribution in [-0.4, -0.2) is 42.4 Å². The summed E-state index contributed by atoms with van der Waals surface area (Å²) in [7, 11) is 1.79. The average molecular weight is 338 g/mol. The minimum Gasteiger partial charge on any atom is -0.340 e. The summed E-state index contributed by atoms with van der Waals surface area (Å²) in [5, 5.41) is 8.66. The summed E-state index contributed by atoms with van der Waals surface area (Å²) in [6.07, 6.45) is 2.96. The molecule has 0 bridgehead atoms. The van der Waals surface area contributed by atoms with Crippen LogP contribution in [0.4, 0.5) is 0 Å². The number of para-hydroxylation sites is 1. The lowest BCUT2D eigenvalue weighted by atomic mass is 10.1. The van der Waals surface area contributed by atoms with Crippen molar-refractivity contribution in [2.75, 3.05) is 7.05 Å². The Kier molecular flexibility index (Phi) is 4.65. The molecule has 0 fully saturated rings. The fourth-order valence-electron chi connectivity index (χ4n) is 2.84. The number of benzene rings is 1. The van der Waals surface area contributed by atoms with Crippen LogP contribution in [0.25, 0.3) is 5.69 Å². The Balaban J connectivity index is 1.81. The number of aromatic nitrogens is 5. The molecule has 2 heterocycles. The Morgan fingerprint density at radius 2 is 1.96 bits per heavy atom. The Morgan fingerprint density at radius 3 is 2.64 bits per heavy atom. The Hall–Kier alpha value is -2.96. The van der Waals surface area contributed by atoms with Crippen LogP contribution in [0.15, 0.2) is 36.9 Å². The second kappa shape index (κ2) is 6.88. The van der Waals surface area contributed by atoms with Gasteiger partial charge in [-0.2, -0.15) is 10.2 Å². The predicted molar refractivity (Wildman–Crippen MR) is 94.3 cm³/mol. The van der Waals surface area contributed by atoms with Crippen LogP contribution < -0.4 is 0 Å². The smallest absolute Gasteiger partial charge is 0.244 e. The third kappa shape index (κ3) is 3.45. The zero-order valence-corrected chi connectivity index (χ0v) is 15.0. The van der Waals surface area contributed by atoms with Gasteiger partial charge in [-0.15, -0.1) is 0 Å². The molecule has 0 spiro atoms. The van der Waals surface area contributed by atoms with E-state index in [4.69, 9.17) is 0 Å². The van der Waals surface area contributed by atoms with Gasteiger partial charge in [0.05, 0.1) is 11.4 Å². The highest BCUT2D eigenvalue weighted by Gasteiger charge is 2.18. The molecule has 0 aliphatic carbocycles. The molecule has 7 heteroatoms. The zero-order valence-electron chi connectivity index (χ0n) is 15.0. The summed E-state index contributed by atoms with van der Waals surface area (Å²) in [4.78, 5) is 17.9. The van der Waals surface area contributed by atoms with E-state index in [9.17, 15) is 4.79 Å². The van der Waals surface area contributed by atoms with Crippen molar-refractivity contribution in [1.82, 2.24) is 29.4 Å². The molecule has 1 aromatic carbocycles. The highest BCUT2D eigenvalue weighted by Crippen LogP contribution is 2.21. The number of hydrogen-bond acceptors (Lipinski definition) is 4. The molecule has 0 radical (unpaired) electrons. The molecule has 0 N–H and O–H groups in total. The first-order valence-corrected chi connectivity index (χ1v) is 8.15. The number of rotatable bonds is 5. The first kappa shape index (κ1) is 16.9. The van der Waals surface area contributed by atoms with Gasteiger partial charge in [0.1, 0.15) is 19.2 Å². The van der Waals surface area contributed by atoms with E-state index in [0.717, 1.165) is 28.2 Å². The highest BCUT2D eigenvalue weighted by atomic mass is 16.2. The van der Waals surface area contributed by atoms with Crippen LogP contribution in [0.2, 0.25) is 0 Å². The minimum atomic E-state index is -0.0204. The quantitative estimate of drug-likeness (QED) is 0.714. The first-order chi connectivity index (χ1) is 12.0. The molecule has 0 aliphatic rings. The minimum absolute atomic E-state index is 0.0204. The lowest BCUT2D eigenvalue weighted by Crippen LogP contribution is -2.30. The number of amides is 1. The van der Waals surface area contributed by atoms with Gasteiger partial charge < -0.3 is 4.90 Å². The normalized spacial score (nSPS) is 10.9. The van der Waals surface area contributed by atoms with Crippen LogP contribution in [0.3, 0.4) is 0 Å². The standard InChI is InChI=1S/C18H22N6O/c1-13-7-5-6-8-17(13)24-15(3)16(14(2)21-24)9-22(4)18(25)10-23-12-19-11-20-23/h5-8,11-12H,9-10H2,1-4H3. The van der Waals surface area contributed by atoms with Crippen molar-refractivity contribution in [2.45, 2.75) is 33.9 Å². The monoisotopic (exact) mass is 338 g/mol. The van der Waals surface area contributed by atoms with Gasteiger partial charge in [0, 0.05) is 24.8 Å². The third-order valence-electron chi connectivity index (χ3n) is 4.37.